The van der Waals surface area contributed by atoms with Gasteiger partial charge in [0.15, 0.2) is 5.78 Å². The van der Waals surface area contributed by atoms with Crippen molar-refractivity contribution in [3.63, 3.8) is 0 Å². The number of unbranched alkanes of at least 4 members (excludes halogenated alkanes) is 1. The van der Waals surface area contributed by atoms with Crippen LogP contribution in [0.4, 0.5) is 0 Å². The molecule has 1 aromatic carbocycles. The molecule has 1 saturated carbocycles. The number of carbonyl (C=O) groups excluding carboxylic acids is 2. The maximum Gasteiger partial charge on any atom is 0.220 e. The maximum absolute atomic E-state index is 12.2. The number of hydrogen-bond acceptors (Lipinski definition) is 3. The van der Waals surface area contributed by atoms with Gasteiger partial charge in [-0.25, -0.2) is 0 Å². The first-order valence-corrected chi connectivity index (χ1v) is 11.2. The Kier molecular flexibility index (Phi) is 8.64. The van der Waals surface area contributed by atoms with Gasteiger partial charge in [0.2, 0.25) is 5.91 Å². The number of aliphatic hydroxyl groups is 1. The lowest BCUT2D eigenvalue weighted by Crippen LogP contribution is -2.24. The van der Waals surface area contributed by atoms with Gasteiger partial charge in [-0.1, -0.05) is 54.6 Å². The van der Waals surface area contributed by atoms with Gasteiger partial charge in [-0.05, 0) is 62.5 Å². The minimum Gasteiger partial charge on any atom is -0.389 e. The van der Waals surface area contributed by atoms with Crippen LogP contribution in [0.15, 0.2) is 65.8 Å². The summed E-state index contributed by atoms with van der Waals surface area (Å²) in [6.45, 7) is 0. The number of allylic oxidation sites excluding steroid dienone is 5. The van der Waals surface area contributed by atoms with Crippen molar-refractivity contribution < 1.29 is 14.7 Å². The van der Waals surface area contributed by atoms with Crippen LogP contribution in [0.2, 0.25) is 0 Å². The summed E-state index contributed by atoms with van der Waals surface area (Å²) in [5.41, 5.74) is 3.13. The molecule has 3 rings (SSSR count). The van der Waals surface area contributed by atoms with Crippen molar-refractivity contribution in [2.45, 2.75) is 76.4 Å². The van der Waals surface area contributed by atoms with Gasteiger partial charge in [-0.2, -0.15) is 0 Å². The van der Waals surface area contributed by atoms with E-state index in [9.17, 15) is 14.7 Å². The van der Waals surface area contributed by atoms with E-state index in [1.54, 1.807) is 0 Å². The fourth-order valence-electron chi connectivity index (χ4n) is 3.67. The first-order chi connectivity index (χ1) is 14.6. The van der Waals surface area contributed by atoms with Crippen LogP contribution in [0.5, 0.6) is 0 Å². The standard InChI is InChI=1S/C26H33NO3/c28-23(17-12-20-8-4-3-5-9-20)18-13-21-14-19-25(29)24(21)10-6-1-2-7-11-26(30)27-22-15-16-22/h1,3-6,8-9,13,18,22-23,28H,2,7,10-12,14-17,19H2,(H,27,30)/b6-1+,18-13+. The summed E-state index contributed by atoms with van der Waals surface area (Å²) < 4.78 is 0. The number of amides is 1. The van der Waals surface area contributed by atoms with Crippen LogP contribution >= 0.6 is 0 Å². The summed E-state index contributed by atoms with van der Waals surface area (Å²) >= 11 is 0. The first-order valence-electron chi connectivity index (χ1n) is 11.2. The molecule has 0 bridgehead atoms. The zero-order valence-electron chi connectivity index (χ0n) is 17.7. The van der Waals surface area contributed by atoms with E-state index < -0.39 is 6.10 Å². The second kappa shape index (κ2) is 11.7. The Labute approximate surface area is 179 Å². The third-order valence-electron chi connectivity index (χ3n) is 5.64. The number of benzene rings is 1. The highest BCUT2D eigenvalue weighted by Gasteiger charge is 2.22. The van der Waals surface area contributed by atoms with Crippen LogP contribution in [0.25, 0.3) is 0 Å². The van der Waals surface area contributed by atoms with Crippen molar-refractivity contribution in [2.75, 3.05) is 0 Å². The number of carbonyl (C=O) groups is 2. The molecule has 160 valence electrons. The predicted molar refractivity (Wildman–Crippen MR) is 120 cm³/mol. The smallest absolute Gasteiger partial charge is 0.220 e. The van der Waals surface area contributed by atoms with Crippen LogP contribution in [0, 0.1) is 0 Å². The molecule has 1 amide bonds. The van der Waals surface area contributed by atoms with Gasteiger partial charge in [0, 0.05) is 24.5 Å². The topological polar surface area (TPSA) is 66.4 Å². The fraction of sp³-hybridized carbons (Fsp3) is 0.462. The Morgan fingerprint density at radius 3 is 2.73 bits per heavy atom. The van der Waals surface area contributed by atoms with Gasteiger partial charge in [0.05, 0.1) is 6.10 Å². The fourth-order valence-corrected chi connectivity index (χ4v) is 3.67. The first kappa shape index (κ1) is 22.2. The average Bonchev–Trinajstić information content (AvgIpc) is 3.50. The molecule has 1 aromatic rings. The molecule has 0 spiro atoms. The summed E-state index contributed by atoms with van der Waals surface area (Å²) in [6, 6.07) is 10.6. The van der Waals surface area contributed by atoms with Crippen LogP contribution in [0.1, 0.15) is 63.4 Å². The minimum atomic E-state index is -0.507. The Balaban J connectivity index is 1.40. The van der Waals surface area contributed by atoms with E-state index in [2.05, 4.69) is 23.5 Å². The van der Waals surface area contributed by atoms with Gasteiger partial charge in [0.1, 0.15) is 0 Å². The van der Waals surface area contributed by atoms with E-state index in [-0.39, 0.29) is 11.7 Å². The molecule has 4 nitrogen and oxygen atoms in total. The van der Waals surface area contributed by atoms with Crippen LogP contribution in [-0.2, 0) is 16.0 Å². The Hall–Kier alpha value is -2.46. The lowest BCUT2D eigenvalue weighted by molar-refractivity contribution is -0.121. The SMILES string of the molecule is O=C(CCC/C=C/CC1=C(/C=C/C(O)CCc2ccccc2)CCC1=O)NC1CC1. The zero-order chi connectivity index (χ0) is 21.2. The number of aryl methyl sites for hydroxylation is 1. The average molecular weight is 408 g/mol. The number of rotatable bonds is 12. The van der Waals surface area contributed by atoms with Gasteiger partial charge in [-0.15, -0.1) is 0 Å². The number of Topliss-reactive ketones (excluding diaryl/α,β-unsaturated/α-hetero) is 1. The summed E-state index contributed by atoms with van der Waals surface area (Å²) in [5, 5.41) is 13.3. The van der Waals surface area contributed by atoms with Crippen molar-refractivity contribution in [3.05, 3.63) is 71.3 Å². The van der Waals surface area contributed by atoms with Gasteiger partial charge >= 0.3 is 0 Å². The van der Waals surface area contributed by atoms with E-state index in [1.807, 2.05) is 36.4 Å². The van der Waals surface area contributed by atoms with E-state index in [0.717, 1.165) is 49.7 Å². The normalized spacial score (nSPS) is 18.0. The predicted octanol–water partition coefficient (Wildman–Crippen LogP) is 4.59. The number of nitrogens with one attached hydrogen (secondary N) is 1. The van der Waals surface area contributed by atoms with Crippen LogP contribution in [0.3, 0.4) is 0 Å². The van der Waals surface area contributed by atoms with Crippen molar-refractivity contribution in [1.29, 1.82) is 0 Å². The molecule has 2 aliphatic rings. The molecular weight excluding hydrogens is 374 g/mol. The molecule has 0 saturated heterocycles. The zero-order valence-corrected chi connectivity index (χ0v) is 17.7. The highest BCUT2D eigenvalue weighted by atomic mass is 16.3. The van der Waals surface area contributed by atoms with Crippen LogP contribution in [-0.4, -0.2) is 28.9 Å². The third kappa shape index (κ3) is 7.75. The highest BCUT2D eigenvalue weighted by Crippen LogP contribution is 2.27. The Morgan fingerprint density at radius 2 is 1.97 bits per heavy atom. The largest absolute Gasteiger partial charge is 0.389 e. The van der Waals surface area contributed by atoms with Gasteiger partial charge in [0.25, 0.3) is 0 Å². The summed E-state index contributed by atoms with van der Waals surface area (Å²) in [7, 11) is 0. The summed E-state index contributed by atoms with van der Waals surface area (Å²) in [4.78, 5) is 23.9. The van der Waals surface area contributed by atoms with E-state index in [4.69, 9.17) is 0 Å². The van der Waals surface area contributed by atoms with E-state index in [1.165, 1.54) is 5.56 Å². The second-order valence-electron chi connectivity index (χ2n) is 8.29. The Bertz CT molecular complexity index is 803. The van der Waals surface area contributed by atoms with Gasteiger partial charge < -0.3 is 10.4 Å². The van der Waals surface area contributed by atoms with Crippen LogP contribution < -0.4 is 5.32 Å². The molecule has 1 unspecified atom stereocenters. The lowest BCUT2D eigenvalue weighted by Gasteiger charge is -2.06. The molecule has 4 heteroatoms. The van der Waals surface area contributed by atoms with Crippen molar-refractivity contribution in [2.24, 2.45) is 0 Å². The van der Waals surface area contributed by atoms with E-state index >= 15 is 0 Å². The molecule has 2 aliphatic carbocycles. The van der Waals surface area contributed by atoms with E-state index in [0.29, 0.717) is 31.7 Å². The lowest BCUT2D eigenvalue weighted by atomic mass is 10.0. The molecule has 1 atom stereocenters. The quantitative estimate of drug-likeness (QED) is 0.393. The van der Waals surface area contributed by atoms with Crippen molar-refractivity contribution in [3.8, 4) is 0 Å². The molecule has 1 fully saturated rings. The maximum atomic E-state index is 12.2. The second-order valence-corrected chi connectivity index (χ2v) is 8.29. The number of aliphatic hydroxyl groups excluding tert-OH is 1. The van der Waals surface area contributed by atoms with Gasteiger partial charge in [-0.3, -0.25) is 9.59 Å². The highest BCUT2D eigenvalue weighted by molar-refractivity contribution is 5.99. The molecule has 2 N–H and O–H groups in total. The molecule has 0 heterocycles. The number of hydrogen-bond donors (Lipinski definition) is 2. The summed E-state index contributed by atoms with van der Waals surface area (Å²) in [6.07, 6.45) is 15.3. The molecular formula is C26H33NO3. The van der Waals surface area contributed by atoms with Crippen molar-refractivity contribution >= 4 is 11.7 Å². The molecule has 0 aromatic heterocycles. The minimum absolute atomic E-state index is 0.151. The number of ketones is 1. The summed E-state index contributed by atoms with van der Waals surface area (Å²) in [5.74, 6) is 0.361. The molecule has 0 radical (unpaired) electrons. The molecule has 30 heavy (non-hydrogen) atoms. The Morgan fingerprint density at radius 1 is 1.17 bits per heavy atom. The third-order valence-corrected chi connectivity index (χ3v) is 5.64. The van der Waals surface area contributed by atoms with Crippen molar-refractivity contribution in [1.82, 2.24) is 5.32 Å². The monoisotopic (exact) mass is 407 g/mol. The molecule has 0 aliphatic heterocycles.